The van der Waals surface area contributed by atoms with Gasteiger partial charge in [0.25, 0.3) is 0 Å². The summed E-state index contributed by atoms with van der Waals surface area (Å²) in [4.78, 5) is 74.3. The molecular formula is C43H74N6O8. The molecule has 4 N–H and O–H groups in total. The lowest BCUT2D eigenvalue weighted by Crippen LogP contribution is -2.59. The van der Waals surface area contributed by atoms with Crippen molar-refractivity contribution in [2.45, 2.75) is 136 Å². The van der Waals surface area contributed by atoms with Gasteiger partial charge in [-0.15, -0.1) is 0 Å². The Kier molecular flexibility index (Phi) is 20.6. The first-order valence-corrected chi connectivity index (χ1v) is 20.7. The number of aliphatic hydroxyl groups is 1. The average molecular weight is 803 g/mol. The summed E-state index contributed by atoms with van der Waals surface area (Å²) >= 11 is 0. The van der Waals surface area contributed by atoms with Crippen molar-refractivity contribution in [1.29, 1.82) is 0 Å². The zero-order chi connectivity index (χ0) is 43.1. The molecule has 0 bridgehead atoms. The van der Waals surface area contributed by atoms with Crippen LogP contribution in [-0.4, -0.2) is 146 Å². The third-order valence-corrected chi connectivity index (χ3v) is 11.4. The van der Waals surface area contributed by atoms with Gasteiger partial charge in [0.05, 0.1) is 48.8 Å². The summed E-state index contributed by atoms with van der Waals surface area (Å²) in [5.74, 6) is -2.36. The van der Waals surface area contributed by atoms with Crippen LogP contribution in [0.15, 0.2) is 30.3 Å². The SMILES string of the molecule is CC[C@H](C)[C@@H]([C@@H](CC(=O)N1CCC[C@H]1[C@H](OC)[C@@H](C)C(=O)N[C@@H](Cc1ccccc1)C(=O)NC[C@H](C)O)OC)N(C)C(=O)[C@@H](NC(=O)[C@H](C(C)C)N(C)C)C(C)C. The monoisotopic (exact) mass is 803 g/mol. The van der Waals surface area contributed by atoms with Crippen molar-refractivity contribution in [3.8, 4) is 0 Å². The molecule has 0 unspecified atom stereocenters. The lowest BCUT2D eigenvalue weighted by molar-refractivity contribution is -0.148. The smallest absolute Gasteiger partial charge is 0.245 e. The molecule has 1 heterocycles. The number of carbonyl (C=O) groups is 5. The highest BCUT2D eigenvalue weighted by atomic mass is 16.5. The Hall–Kier alpha value is -3.59. The van der Waals surface area contributed by atoms with E-state index < -0.39 is 66.3 Å². The van der Waals surface area contributed by atoms with Gasteiger partial charge in [0, 0.05) is 40.8 Å². The maximum Gasteiger partial charge on any atom is 0.245 e. The van der Waals surface area contributed by atoms with Crippen LogP contribution in [0.4, 0.5) is 0 Å². The molecule has 1 aliphatic heterocycles. The number of carbonyl (C=O) groups excluding carboxylic acids is 5. The van der Waals surface area contributed by atoms with Gasteiger partial charge in [-0.25, -0.2) is 0 Å². The van der Waals surface area contributed by atoms with E-state index in [-0.39, 0.29) is 54.9 Å². The number of hydrogen-bond donors (Lipinski definition) is 4. The summed E-state index contributed by atoms with van der Waals surface area (Å²) in [6.45, 7) is 15.6. The fourth-order valence-corrected chi connectivity index (χ4v) is 8.15. The Morgan fingerprint density at radius 3 is 2.02 bits per heavy atom. The van der Waals surface area contributed by atoms with E-state index in [9.17, 15) is 29.1 Å². The van der Waals surface area contributed by atoms with E-state index in [4.69, 9.17) is 9.47 Å². The van der Waals surface area contributed by atoms with Crippen LogP contribution in [0.1, 0.15) is 86.6 Å². The highest BCUT2D eigenvalue weighted by Gasteiger charge is 2.43. The predicted molar refractivity (Wildman–Crippen MR) is 222 cm³/mol. The van der Waals surface area contributed by atoms with Crippen molar-refractivity contribution in [3.63, 3.8) is 0 Å². The van der Waals surface area contributed by atoms with Gasteiger partial charge < -0.3 is 40.3 Å². The van der Waals surface area contributed by atoms with Crippen molar-refractivity contribution >= 4 is 29.5 Å². The van der Waals surface area contributed by atoms with E-state index >= 15 is 0 Å². The first-order chi connectivity index (χ1) is 26.8. The molecule has 57 heavy (non-hydrogen) atoms. The molecule has 0 radical (unpaired) electrons. The molecule has 1 aromatic rings. The summed E-state index contributed by atoms with van der Waals surface area (Å²) in [5, 5.41) is 18.4. The molecular weight excluding hydrogens is 729 g/mol. The molecule has 14 heteroatoms. The minimum Gasteiger partial charge on any atom is -0.392 e. The topological polar surface area (TPSA) is 170 Å². The Morgan fingerprint density at radius 1 is 0.877 bits per heavy atom. The molecule has 1 aliphatic rings. The Labute approximate surface area is 342 Å². The first kappa shape index (κ1) is 49.6. The molecule has 324 valence electrons. The standard InChI is InChI=1S/C43H74N6O8/c1-14-28(6)38(48(11)43(55)36(26(2)3)46-42(54)37(27(4)5)47(9)10)34(56-12)24-35(51)49-22-18-21-33(49)39(57-13)30(8)40(52)45-32(41(53)44-25-29(7)50)23-31-19-16-15-17-20-31/h15-17,19-20,26-30,32-34,36-39,50H,14,18,21-25H2,1-13H3,(H,44,53)(H,45,52)(H,46,54)/t28-,29-,30+,32-,33-,34+,36-,37-,38-,39+/m0/s1. The molecule has 1 aromatic carbocycles. The molecule has 2 rings (SSSR count). The maximum absolute atomic E-state index is 14.3. The lowest BCUT2D eigenvalue weighted by atomic mass is 9.89. The van der Waals surface area contributed by atoms with E-state index in [0.717, 1.165) is 12.0 Å². The predicted octanol–water partition coefficient (Wildman–Crippen LogP) is 2.86. The largest absolute Gasteiger partial charge is 0.392 e. The minimum absolute atomic E-state index is 0.00596. The van der Waals surface area contributed by atoms with Crippen LogP contribution < -0.4 is 16.0 Å². The number of hydrogen-bond acceptors (Lipinski definition) is 9. The molecule has 0 aliphatic carbocycles. The second kappa shape index (κ2) is 23.7. The average Bonchev–Trinajstić information content (AvgIpc) is 3.64. The molecule has 0 aromatic heterocycles. The van der Waals surface area contributed by atoms with Gasteiger partial charge in [-0.2, -0.15) is 0 Å². The number of nitrogens with zero attached hydrogens (tertiary/aromatic N) is 3. The number of aliphatic hydroxyl groups excluding tert-OH is 1. The molecule has 1 saturated heterocycles. The zero-order valence-electron chi connectivity index (χ0n) is 36.9. The Morgan fingerprint density at radius 2 is 1.51 bits per heavy atom. The number of methoxy groups -OCH3 is 2. The van der Waals surface area contributed by atoms with Gasteiger partial charge in [0.2, 0.25) is 29.5 Å². The van der Waals surface area contributed by atoms with Gasteiger partial charge in [-0.05, 0) is 57.2 Å². The number of amides is 5. The van der Waals surface area contributed by atoms with Gasteiger partial charge in [0.1, 0.15) is 12.1 Å². The molecule has 0 spiro atoms. The van der Waals surface area contributed by atoms with Crippen LogP contribution in [0.25, 0.3) is 0 Å². The highest BCUT2D eigenvalue weighted by Crippen LogP contribution is 2.30. The Bertz CT molecular complexity index is 1420. The van der Waals surface area contributed by atoms with E-state index in [1.165, 1.54) is 7.11 Å². The fraction of sp³-hybridized carbons (Fsp3) is 0.744. The van der Waals surface area contributed by atoms with Gasteiger partial charge in [0.15, 0.2) is 0 Å². The number of benzene rings is 1. The van der Waals surface area contributed by atoms with Crippen LogP contribution in [0, 0.1) is 23.7 Å². The lowest BCUT2D eigenvalue weighted by Gasteiger charge is -2.41. The summed E-state index contributed by atoms with van der Waals surface area (Å²) in [7, 11) is 8.49. The third kappa shape index (κ3) is 14.0. The summed E-state index contributed by atoms with van der Waals surface area (Å²) in [5.41, 5.74) is 0.864. The molecule has 10 atom stereocenters. The highest BCUT2D eigenvalue weighted by molar-refractivity contribution is 5.90. The second-order valence-corrected chi connectivity index (χ2v) is 16.8. The van der Waals surface area contributed by atoms with E-state index in [0.29, 0.717) is 19.4 Å². The number of ether oxygens (including phenoxy) is 2. The first-order valence-electron chi connectivity index (χ1n) is 20.7. The normalized spacial score (nSPS) is 19.2. The quantitative estimate of drug-likeness (QED) is 0.130. The molecule has 5 amide bonds. The fourth-order valence-electron chi connectivity index (χ4n) is 8.15. The summed E-state index contributed by atoms with van der Waals surface area (Å²) in [6.07, 6.45) is 0.227. The van der Waals surface area contributed by atoms with Crippen LogP contribution in [0.2, 0.25) is 0 Å². The van der Waals surface area contributed by atoms with Crippen molar-refractivity contribution in [2.24, 2.45) is 23.7 Å². The van der Waals surface area contributed by atoms with Crippen molar-refractivity contribution < 1.29 is 38.6 Å². The van der Waals surface area contributed by atoms with Crippen LogP contribution in [0.5, 0.6) is 0 Å². The van der Waals surface area contributed by atoms with Crippen LogP contribution in [-0.2, 0) is 39.9 Å². The van der Waals surface area contributed by atoms with Gasteiger partial charge in [-0.1, -0.05) is 85.2 Å². The van der Waals surface area contributed by atoms with Crippen LogP contribution in [0.3, 0.4) is 0 Å². The van der Waals surface area contributed by atoms with Crippen molar-refractivity contribution in [3.05, 3.63) is 35.9 Å². The number of likely N-dealkylation sites (tertiary alicyclic amines) is 1. The molecule has 1 fully saturated rings. The number of rotatable bonds is 23. The minimum atomic E-state index is -0.896. The van der Waals surface area contributed by atoms with Gasteiger partial charge in [-0.3, -0.25) is 28.9 Å². The van der Waals surface area contributed by atoms with Crippen molar-refractivity contribution in [1.82, 2.24) is 30.7 Å². The molecule has 14 nitrogen and oxygen atoms in total. The number of nitrogens with one attached hydrogen (secondary N) is 3. The third-order valence-electron chi connectivity index (χ3n) is 11.4. The Balaban J connectivity index is 2.30. The van der Waals surface area contributed by atoms with E-state index in [2.05, 4.69) is 16.0 Å². The van der Waals surface area contributed by atoms with E-state index in [1.54, 1.807) is 37.8 Å². The van der Waals surface area contributed by atoms with E-state index in [1.807, 2.05) is 90.9 Å². The van der Waals surface area contributed by atoms with Crippen molar-refractivity contribution in [2.75, 3.05) is 48.5 Å². The molecule has 0 saturated carbocycles. The van der Waals surface area contributed by atoms with Gasteiger partial charge >= 0.3 is 0 Å². The summed E-state index contributed by atoms with van der Waals surface area (Å²) in [6, 6.07) is 6.39. The summed E-state index contributed by atoms with van der Waals surface area (Å²) < 4.78 is 12.0. The maximum atomic E-state index is 14.3. The van der Waals surface area contributed by atoms with Crippen LogP contribution >= 0.6 is 0 Å². The second-order valence-electron chi connectivity index (χ2n) is 16.8. The zero-order valence-corrected chi connectivity index (χ0v) is 36.9. The number of likely N-dealkylation sites (N-methyl/N-ethyl adjacent to an activating group) is 2.